The summed E-state index contributed by atoms with van der Waals surface area (Å²) < 4.78 is 0. The quantitative estimate of drug-likeness (QED) is 0.698. The molecule has 0 radical (unpaired) electrons. The molecule has 0 aliphatic heterocycles. The molecule has 0 bridgehead atoms. The van der Waals surface area contributed by atoms with Crippen molar-refractivity contribution in [3.63, 3.8) is 0 Å². The Morgan fingerprint density at radius 2 is 1.85 bits per heavy atom. The molecule has 0 aliphatic rings. The molecule has 0 spiro atoms. The average molecular weight is 261 g/mol. The molecule has 1 heterocycles. The van der Waals surface area contributed by atoms with E-state index >= 15 is 0 Å². The van der Waals surface area contributed by atoms with Gasteiger partial charge in [-0.3, -0.25) is 4.98 Å². The van der Waals surface area contributed by atoms with Crippen LogP contribution in [0.25, 0.3) is 11.3 Å². The lowest BCUT2D eigenvalue weighted by Crippen LogP contribution is -1.92. The second-order valence-electron chi connectivity index (χ2n) is 4.64. The zero-order valence-electron chi connectivity index (χ0n) is 11.8. The zero-order valence-corrected chi connectivity index (χ0v) is 11.8. The number of aromatic nitrogens is 1. The fourth-order valence-electron chi connectivity index (χ4n) is 2.01. The molecule has 0 aliphatic carbocycles. The highest BCUT2D eigenvalue weighted by Crippen LogP contribution is 2.18. The number of hydrogen-bond donors (Lipinski definition) is 0. The highest BCUT2D eigenvalue weighted by molar-refractivity contribution is 5.59. The molecule has 100 valence electrons. The van der Waals surface area contributed by atoms with E-state index in [0.717, 1.165) is 23.4 Å². The summed E-state index contributed by atoms with van der Waals surface area (Å²) in [4.78, 5) is 4.73. The smallest absolute Gasteiger partial charge is 0.0708 e. The largest absolute Gasteiger partial charge is 0.252 e. The Labute approximate surface area is 121 Å². The van der Waals surface area contributed by atoms with Gasteiger partial charge in [-0.2, -0.15) is 0 Å². The summed E-state index contributed by atoms with van der Waals surface area (Å²) in [6.45, 7) is 5.75. The topological polar surface area (TPSA) is 12.9 Å². The van der Waals surface area contributed by atoms with E-state index in [1.54, 1.807) is 6.08 Å². The normalized spacial score (nSPS) is 11.2. The summed E-state index contributed by atoms with van der Waals surface area (Å²) in [5, 5.41) is 0. The van der Waals surface area contributed by atoms with Crippen molar-refractivity contribution in [1.29, 1.82) is 0 Å². The third kappa shape index (κ3) is 4.06. The minimum absolute atomic E-state index is 0.836. The summed E-state index contributed by atoms with van der Waals surface area (Å²) in [6, 6.07) is 14.5. The molecule has 2 rings (SSSR count). The van der Waals surface area contributed by atoms with Crippen molar-refractivity contribution in [2.75, 3.05) is 0 Å². The summed E-state index contributed by atoms with van der Waals surface area (Å²) in [5.74, 6) is 0. The minimum atomic E-state index is 0.836. The Kier molecular flexibility index (Phi) is 5.08. The van der Waals surface area contributed by atoms with Gasteiger partial charge in [-0.25, -0.2) is 0 Å². The lowest BCUT2D eigenvalue weighted by Gasteiger charge is -2.05. The van der Waals surface area contributed by atoms with Crippen LogP contribution in [-0.2, 0) is 6.42 Å². The molecule has 1 nitrogen and oxygen atoms in total. The van der Waals surface area contributed by atoms with Gasteiger partial charge in [0.2, 0.25) is 0 Å². The van der Waals surface area contributed by atoms with E-state index < -0.39 is 0 Å². The Hall–Kier alpha value is -2.41. The number of pyridine rings is 1. The van der Waals surface area contributed by atoms with Crippen LogP contribution < -0.4 is 0 Å². The van der Waals surface area contributed by atoms with Crippen molar-refractivity contribution in [3.8, 4) is 11.3 Å². The van der Waals surface area contributed by atoms with Gasteiger partial charge < -0.3 is 0 Å². The molecule has 1 aromatic heterocycles. The molecule has 1 aromatic carbocycles. The lowest BCUT2D eigenvalue weighted by atomic mass is 10.1. The number of nitrogens with zero attached hydrogens (tertiary/aromatic N) is 1. The Morgan fingerprint density at radius 3 is 2.60 bits per heavy atom. The van der Waals surface area contributed by atoms with Crippen molar-refractivity contribution >= 4 is 0 Å². The highest BCUT2D eigenvalue weighted by atomic mass is 14.7. The van der Waals surface area contributed by atoms with Crippen LogP contribution in [0.1, 0.15) is 11.3 Å². The van der Waals surface area contributed by atoms with Gasteiger partial charge in [-0.15, -0.1) is 0 Å². The van der Waals surface area contributed by atoms with Crippen molar-refractivity contribution < 1.29 is 0 Å². The molecule has 0 fully saturated rings. The van der Waals surface area contributed by atoms with Crippen molar-refractivity contribution in [2.24, 2.45) is 0 Å². The monoisotopic (exact) mass is 261 g/mol. The number of benzene rings is 1. The van der Waals surface area contributed by atoms with E-state index in [9.17, 15) is 0 Å². The predicted octanol–water partition coefficient (Wildman–Crippen LogP) is 4.90. The molecule has 0 N–H and O–H groups in total. The zero-order chi connectivity index (χ0) is 14.2. The van der Waals surface area contributed by atoms with E-state index in [-0.39, 0.29) is 0 Å². The Bertz CT molecular complexity index is 621. The molecule has 0 saturated heterocycles. The van der Waals surface area contributed by atoms with Gasteiger partial charge in [-0.1, -0.05) is 67.3 Å². The van der Waals surface area contributed by atoms with Gasteiger partial charge in [0.25, 0.3) is 0 Å². The maximum Gasteiger partial charge on any atom is 0.0708 e. The SMILES string of the molecule is C=C/C=C\C=C/Cc1cc(C)cc(-c2ccccc2)n1. The van der Waals surface area contributed by atoms with E-state index in [2.05, 4.69) is 43.8 Å². The van der Waals surface area contributed by atoms with Crippen LogP contribution >= 0.6 is 0 Å². The molecule has 2 aromatic rings. The number of aryl methyl sites for hydroxylation is 1. The first-order valence-electron chi connectivity index (χ1n) is 6.77. The van der Waals surface area contributed by atoms with Crippen LogP contribution in [0.4, 0.5) is 0 Å². The van der Waals surface area contributed by atoms with Crippen LogP contribution in [-0.4, -0.2) is 4.98 Å². The van der Waals surface area contributed by atoms with E-state index in [0.29, 0.717) is 0 Å². The maximum absolute atomic E-state index is 4.73. The molecule has 0 amide bonds. The molecule has 0 saturated carbocycles. The summed E-state index contributed by atoms with van der Waals surface area (Å²) in [7, 11) is 0. The first-order valence-corrected chi connectivity index (χ1v) is 6.77. The first kappa shape index (κ1) is 14.0. The predicted molar refractivity (Wildman–Crippen MR) is 86.6 cm³/mol. The summed E-state index contributed by atoms with van der Waals surface area (Å²) >= 11 is 0. The van der Waals surface area contributed by atoms with Crippen LogP contribution in [0.2, 0.25) is 0 Å². The third-order valence-electron chi connectivity index (χ3n) is 2.91. The van der Waals surface area contributed by atoms with Gasteiger partial charge in [0.05, 0.1) is 5.69 Å². The van der Waals surface area contributed by atoms with Gasteiger partial charge >= 0.3 is 0 Å². The van der Waals surface area contributed by atoms with Crippen LogP contribution in [0.15, 0.2) is 79.4 Å². The first-order chi connectivity index (χ1) is 9.79. The molecular weight excluding hydrogens is 242 g/mol. The van der Waals surface area contributed by atoms with E-state index in [1.165, 1.54) is 5.56 Å². The van der Waals surface area contributed by atoms with Gasteiger partial charge in [0.1, 0.15) is 0 Å². The number of hydrogen-bond acceptors (Lipinski definition) is 1. The van der Waals surface area contributed by atoms with Crippen LogP contribution in [0, 0.1) is 6.92 Å². The summed E-state index contributed by atoms with van der Waals surface area (Å²) in [5.41, 5.74) is 4.53. The van der Waals surface area contributed by atoms with Gasteiger partial charge in [0, 0.05) is 17.7 Å². The number of allylic oxidation sites excluding steroid dienone is 5. The Morgan fingerprint density at radius 1 is 1.05 bits per heavy atom. The second-order valence-corrected chi connectivity index (χ2v) is 4.64. The third-order valence-corrected chi connectivity index (χ3v) is 2.91. The van der Waals surface area contributed by atoms with E-state index in [1.807, 2.05) is 36.4 Å². The summed E-state index contributed by atoms with van der Waals surface area (Å²) in [6.07, 6.45) is 10.6. The van der Waals surface area contributed by atoms with Gasteiger partial charge in [0.15, 0.2) is 0 Å². The van der Waals surface area contributed by atoms with Crippen LogP contribution in [0.3, 0.4) is 0 Å². The molecule has 1 heteroatoms. The fraction of sp³-hybridized carbons (Fsp3) is 0.105. The number of rotatable bonds is 5. The second kappa shape index (κ2) is 7.25. The molecule has 0 atom stereocenters. The molecule has 0 unspecified atom stereocenters. The minimum Gasteiger partial charge on any atom is -0.252 e. The lowest BCUT2D eigenvalue weighted by molar-refractivity contribution is 1.10. The van der Waals surface area contributed by atoms with E-state index in [4.69, 9.17) is 4.98 Å². The van der Waals surface area contributed by atoms with Crippen molar-refractivity contribution in [1.82, 2.24) is 4.98 Å². The molecule has 20 heavy (non-hydrogen) atoms. The Balaban J connectivity index is 2.19. The molecular formula is C19H19N. The fourth-order valence-corrected chi connectivity index (χ4v) is 2.01. The standard InChI is InChI=1S/C19H19N/c1-3-4-5-6-10-13-18-14-16(2)15-19(20-18)17-11-8-7-9-12-17/h3-12,14-15H,1,13H2,2H3/b5-4-,10-6-. The highest BCUT2D eigenvalue weighted by Gasteiger charge is 2.01. The van der Waals surface area contributed by atoms with Crippen LogP contribution in [0.5, 0.6) is 0 Å². The van der Waals surface area contributed by atoms with Gasteiger partial charge in [-0.05, 0) is 24.6 Å². The average Bonchev–Trinajstić information content (AvgIpc) is 2.47. The van der Waals surface area contributed by atoms with Crippen molar-refractivity contribution in [2.45, 2.75) is 13.3 Å². The van der Waals surface area contributed by atoms with Crippen molar-refractivity contribution in [3.05, 3.63) is 90.7 Å². The maximum atomic E-state index is 4.73.